The van der Waals surface area contributed by atoms with E-state index in [0.717, 1.165) is 23.4 Å². The van der Waals surface area contributed by atoms with Gasteiger partial charge >= 0.3 is 0 Å². The fraction of sp³-hybridized carbons (Fsp3) is 0.286. The van der Waals surface area contributed by atoms with Gasteiger partial charge < -0.3 is 24.6 Å². The lowest BCUT2D eigenvalue weighted by atomic mass is 10.1. The summed E-state index contributed by atoms with van der Waals surface area (Å²) >= 11 is 1.53. The van der Waals surface area contributed by atoms with Gasteiger partial charge in [-0.05, 0) is 24.6 Å². The van der Waals surface area contributed by atoms with E-state index >= 15 is 0 Å². The van der Waals surface area contributed by atoms with Crippen LogP contribution in [-0.2, 0) is 0 Å². The summed E-state index contributed by atoms with van der Waals surface area (Å²) in [5.41, 5.74) is 2.95. The Kier molecular flexibility index (Phi) is 5.80. The van der Waals surface area contributed by atoms with E-state index in [1.54, 1.807) is 12.1 Å². The number of anilines is 1. The van der Waals surface area contributed by atoms with Crippen molar-refractivity contribution in [3.63, 3.8) is 0 Å². The standard InChI is InChI=1S/C21H22N4O4S/c1-4-9-30-21-23-20-17(24-25-21)13-7-5-6-8-14(13)22-19(29-20)12-10-15(27-2)18(26)16(11-12)28-3/h5-8,10-11,19,22,26H,4,9H2,1-3H3. The Balaban J connectivity index is 1.81. The zero-order chi connectivity index (χ0) is 21.1. The minimum atomic E-state index is -0.614. The van der Waals surface area contributed by atoms with Gasteiger partial charge in [0.25, 0.3) is 0 Å². The van der Waals surface area contributed by atoms with Crippen molar-refractivity contribution in [3.8, 4) is 34.4 Å². The molecule has 2 N–H and O–H groups in total. The van der Waals surface area contributed by atoms with Crippen LogP contribution < -0.4 is 19.5 Å². The molecule has 0 aliphatic carbocycles. The number of rotatable bonds is 6. The Bertz CT molecular complexity index is 1040. The van der Waals surface area contributed by atoms with Gasteiger partial charge in [-0.15, -0.1) is 10.2 Å². The van der Waals surface area contributed by atoms with Crippen LogP contribution in [0.3, 0.4) is 0 Å². The molecule has 1 unspecified atom stereocenters. The lowest BCUT2D eigenvalue weighted by molar-refractivity contribution is 0.223. The number of para-hydroxylation sites is 1. The first-order chi connectivity index (χ1) is 14.6. The number of methoxy groups -OCH3 is 2. The molecule has 1 aliphatic heterocycles. The summed E-state index contributed by atoms with van der Waals surface area (Å²) in [4.78, 5) is 4.60. The fourth-order valence-corrected chi connectivity index (χ4v) is 3.75. The molecule has 1 atom stereocenters. The normalized spacial score (nSPS) is 14.6. The van der Waals surface area contributed by atoms with Crippen molar-refractivity contribution in [2.24, 2.45) is 0 Å². The van der Waals surface area contributed by atoms with Crippen molar-refractivity contribution in [1.82, 2.24) is 15.2 Å². The molecule has 0 saturated heterocycles. The van der Waals surface area contributed by atoms with Gasteiger partial charge in [0.2, 0.25) is 16.8 Å². The highest BCUT2D eigenvalue weighted by atomic mass is 32.2. The minimum absolute atomic E-state index is 0.0691. The second-order valence-corrected chi connectivity index (χ2v) is 7.62. The number of aromatic hydroxyl groups is 1. The number of thioether (sulfide) groups is 1. The largest absolute Gasteiger partial charge is 0.502 e. The van der Waals surface area contributed by atoms with Crippen LogP contribution in [0.1, 0.15) is 25.1 Å². The molecule has 3 aromatic rings. The molecule has 0 fully saturated rings. The molecule has 156 valence electrons. The summed E-state index contributed by atoms with van der Waals surface area (Å²) in [5.74, 6) is 1.78. The average Bonchev–Trinajstić information content (AvgIpc) is 2.94. The lowest BCUT2D eigenvalue weighted by Crippen LogP contribution is -2.17. The predicted molar refractivity (Wildman–Crippen MR) is 114 cm³/mol. The van der Waals surface area contributed by atoms with Crippen LogP contribution in [-0.4, -0.2) is 40.3 Å². The van der Waals surface area contributed by atoms with Crippen LogP contribution >= 0.6 is 11.8 Å². The molecule has 0 saturated carbocycles. The van der Waals surface area contributed by atoms with Crippen molar-refractivity contribution >= 4 is 17.4 Å². The summed E-state index contributed by atoms with van der Waals surface area (Å²) in [6.07, 6.45) is 0.392. The van der Waals surface area contributed by atoms with Gasteiger partial charge in [0.15, 0.2) is 23.4 Å². The third kappa shape index (κ3) is 3.80. The molecule has 2 heterocycles. The van der Waals surface area contributed by atoms with Gasteiger partial charge in [-0.2, -0.15) is 4.98 Å². The number of benzene rings is 2. The molecule has 1 aliphatic rings. The Morgan fingerprint density at radius 2 is 1.87 bits per heavy atom. The number of hydrogen-bond donors (Lipinski definition) is 2. The van der Waals surface area contributed by atoms with Gasteiger partial charge in [0.1, 0.15) is 0 Å². The summed E-state index contributed by atoms with van der Waals surface area (Å²) in [6, 6.07) is 11.1. The van der Waals surface area contributed by atoms with Gasteiger partial charge in [0.05, 0.1) is 14.2 Å². The van der Waals surface area contributed by atoms with Crippen molar-refractivity contribution in [1.29, 1.82) is 0 Å². The highest BCUT2D eigenvalue weighted by Crippen LogP contribution is 2.43. The molecule has 30 heavy (non-hydrogen) atoms. The van der Waals surface area contributed by atoms with E-state index in [0.29, 0.717) is 22.3 Å². The topological polar surface area (TPSA) is 98.6 Å². The fourth-order valence-electron chi connectivity index (χ4n) is 3.12. The van der Waals surface area contributed by atoms with Crippen LogP contribution in [0.4, 0.5) is 5.69 Å². The molecule has 2 aromatic carbocycles. The minimum Gasteiger partial charge on any atom is -0.502 e. The third-order valence-corrected chi connectivity index (χ3v) is 5.62. The quantitative estimate of drug-likeness (QED) is 0.560. The van der Waals surface area contributed by atoms with Crippen molar-refractivity contribution < 1.29 is 19.3 Å². The maximum Gasteiger partial charge on any atom is 0.247 e. The molecule has 0 amide bonds. The average molecular weight is 426 g/mol. The molecule has 0 bridgehead atoms. The van der Waals surface area contributed by atoms with E-state index in [-0.39, 0.29) is 17.2 Å². The second-order valence-electron chi connectivity index (χ2n) is 6.56. The van der Waals surface area contributed by atoms with E-state index in [9.17, 15) is 5.11 Å². The molecule has 4 rings (SSSR count). The number of ether oxygens (including phenoxy) is 3. The van der Waals surface area contributed by atoms with Crippen LogP contribution in [0.2, 0.25) is 0 Å². The van der Waals surface area contributed by atoms with Crippen molar-refractivity contribution in [3.05, 3.63) is 42.0 Å². The van der Waals surface area contributed by atoms with E-state index in [4.69, 9.17) is 14.2 Å². The van der Waals surface area contributed by atoms with E-state index in [1.165, 1.54) is 26.0 Å². The van der Waals surface area contributed by atoms with Crippen molar-refractivity contribution in [2.75, 3.05) is 25.3 Å². The van der Waals surface area contributed by atoms with E-state index in [1.807, 2.05) is 24.3 Å². The summed E-state index contributed by atoms with van der Waals surface area (Å²) in [5, 5.41) is 22.8. The van der Waals surface area contributed by atoms with Crippen LogP contribution in [0.15, 0.2) is 41.6 Å². The molecule has 0 spiro atoms. The van der Waals surface area contributed by atoms with Gasteiger partial charge in [0, 0.05) is 22.6 Å². The zero-order valence-corrected chi connectivity index (χ0v) is 17.7. The smallest absolute Gasteiger partial charge is 0.247 e. The molecule has 8 nitrogen and oxygen atoms in total. The first kappa shape index (κ1) is 20.1. The van der Waals surface area contributed by atoms with Gasteiger partial charge in [-0.25, -0.2) is 0 Å². The van der Waals surface area contributed by atoms with Gasteiger partial charge in [-0.1, -0.05) is 36.9 Å². The molecule has 1 aromatic heterocycles. The highest BCUT2D eigenvalue weighted by molar-refractivity contribution is 7.99. The van der Waals surface area contributed by atoms with Crippen LogP contribution in [0, 0.1) is 0 Å². The lowest BCUT2D eigenvalue weighted by Gasteiger charge is -2.21. The Morgan fingerprint density at radius 3 is 2.57 bits per heavy atom. The summed E-state index contributed by atoms with van der Waals surface area (Å²) in [7, 11) is 2.97. The monoisotopic (exact) mass is 426 g/mol. The number of phenols is 1. The number of nitrogens with zero attached hydrogens (tertiary/aromatic N) is 3. The summed E-state index contributed by atoms with van der Waals surface area (Å²) in [6.45, 7) is 2.10. The molecule has 9 heteroatoms. The third-order valence-electron chi connectivity index (χ3n) is 4.57. The molecule has 0 radical (unpaired) electrons. The first-order valence-electron chi connectivity index (χ1n) is 9.49. The Morgan fingerprint density at radius 1 is 1.13 bits per heavy atom. The Hall–Kier alpha value is -3.20. The molecular weight excluding hydrogens is 404 g/mol. The maximum atomic E-state index is 10.3. The Labute approximate surface area is 178 Å². The zero-order valence-electron chi connectivity index (χ0n) is 16.9. The van der Waals surface area contributed by atoms with Crippen molar-refractivity contribution in [2.45, 2.75) is 24.7 Å². The number of phenolic OH excluding ortho intramolecular Hbond substituents is 1. The number of aromatic nitrogens is 3. The predicted octanol–water partition coefficient (Wildman–Crippen LogP) is 4.27. The van der Waals surface area contributed by atoms with Crippen LogP contribution in [0.25, 0.3) is 11.3 Å². The molecular formula is C21H22N4O4S. The number of hydrogen-bond acceptors (Lipinski definition) is 9. The summed E-state index contributed by atoms with van der Waals surface area (Å²) < 4.78 is 16.8. The SMILES string of the molecule is CCCSc1nnc2c(n1)OC(c1cc(OC)c(O)c(OC)c1)Nc1ccccc1-2. The second kappa shape index (κ2) is 8.66. The maximum absolute atomic E-state index is 10.3. The highest BCUT2D eigenvalue weighted by Gasteiger charge is 2.27. The van der Waals surface area contributed by atoms with E-state index < -0.39 is 6.23 Å². The first-order valence-corrected chi connectivity index (χ1v) is 10.5. The van der Waals surface area contributed by atoms with E-state index in [2.05, 4.69) is 27.4 Å². The van der Waals surface area contributed by atoms with Gasteiger partial charge in [-0.3, -0.25) is 0 Å². The number of nitrogens with one attached hydrogen (secondary N) is 1. The number of fused-ring (bicyclic) bond motifs is 3. The van der Waals surface area contributed by atoms with Crippen LogP contribution in [0.5, 0.6) is 23.1 Å².